The van der Waals surface area contributed by atoms with E-state index < -0.39 is 0 Å². The van der Waals surface area contributed by atoms with Crippen molar-refractivity contribution in [2.24, 2.45) is 5.84 Å². The van der Waals surface area contributed by atoms with Crippen molar-refractivity contribution < 1.29 is 0 Å². The largest absolute Gasteiger partial charge is 0.308 e. The summed E-state index contributed by atoms with van der Waals surface area (Å²) in [6, 6.07) is 1.82. The first-order chi connectivity index (χ1) is 6.26. The first-order valence-electron chi connectivity index (χ1n) is 4.21. The standard InChI is InChI=1S/C8H14N4S/c1-3-4-13-8-10-6(2)5-7(11-8)12-9/h5H,3-4,9H2,1-2H3,(H,10,11,12). The molecule has 0 fully saturated rings. The Bertz CT molecular complexity index is 277. The second-order valence-corrected chi connectivity index (χ2v) is 3.73. The van der Waals surface area contributed by atoms with Crippen LogP contribution >= 0.6 is 11.8 Å². The van der Waals surface area contributed by atoms with Crippen LogP contribution < -0.4 is 11.3 Å². The lowest BCUT2D eigenvalue weighted by Gasteiger charge is -2.03. The molecule has 0 radical (unpaired) electrons. The maximum absolute atomic E-state index is 5.27. The van der Waals surface area contributed by atoms with Crippen LogP contribution in [-0.2, 0) is 0 Å². The van der Waals surface area contributed by atoms with Crippen LogP contribution in [0.4, 0.5) is 5.82 Å². The summed E-state index contributed by atoms with van der Waals surface area (Å²) in [5, 5.41) is 0.787. The highest BCUT2D eigenvalue weighted by molar-refractivity contribution is 7.99. The lowest BCUT2D eigenvalue weighted by molar-refractivity contribution is 0.927. The summed E-state index contributed by atoms with van der Waals surface area (Å²) < 4.78 is 0. The van der Waals surface area contributed by atoms with Gasteiger partial charge in [0.15, 0.2) is 5.16 Å². The number of anilines is 1. The van der Waals surface area contributed by atoms with Crippen LogP contribution in [0.3, 0.4) is 0 Å². The van der Waals surface area contributed by atoms with Crippen molar-refractivity contribution in [1.82, 2.24) is 9.97 Å². The number of rotatable bonds is 4. The molecule has 0 aliphatic rings. The Kier molecular flexibility index (Phi) is 3.98. The topological polar surface area (TPSA) is 63.8 Å². The Morgan fingerprint density at radius 3 is 2.92 bits per heavy atom. The summed E-state index contributed by atoms with van der Waals surface area (Å²) >= 11 is 1.65. The molecule has 0 aromatic carbocycles. The Morgan fingerprint density at radius 1 is 1.54 bits per heavy atom. The van der Waals surface area contributed by atoms with E-state index in [2.05, 4.69) is 22.3 Å². The number of hydrogen-bond donors (Lipinski definition) is 2. The number of thioether (sulfide) groups is 1. The van der Waals surface area contributed by atoms with Gasteiger partial charge in [-0.25, -0.2) is 15.8 Å². The van der Waals surface area contributed by atoms with Gasteiger partial charge in [0.05, 0.1) is 0 Å². The molecule has 1 heterocycles. The van der Waals surface area contributed by atoms with E-state index in [0.29, 0.717) is 5.82 Å². The molecule has 0 aliphatic heterocycles. The van der Waals surface area contributed by atoms with Gasteiger partial charge in [-0.05, 0) is 13.3 Å². The Morgan fingerprint density at radius 2 is 2.31 bits per heavy atom. The third kappa shape index (κ3) is 3.20. The van der Waals surface area contributed by atoms with Crippen LogP contribution in [0.5, 0.6) is 0 Å². The highest BCUT2D eigenvalue weighted by Crippen LogP contribution is 2.16. The van der Waals surface area contributed by atoms with Gasteiger partial charge in [-0.2, -0.15) is 0 Å². The van der Waals surface area contributed by atoms with E-state index in [4.69, 9.17) is 5.84 Å². The number of hydrogen-bond acceptors (Lipinski definition) is 5. The third-order valence-corrected chi connectivity index (χ3v) is 2.47. The van der Waals surface area contributed by atoms with E-state index in [1.807, 2.05) is 13.0 Å². The maximum atomic E-state index is 5.27. The Hall–Kier alpha value is -0.810. The highest BCUT2D eigenvalue weighted by Gasteiger charge is 2.00. The molecular formula is C8H14N4S. The molecule has 1 aromatic rings. The van der Waals surface area contributed by atoms with Crippen LogP contribution in [0.1, 0.15) is 19.0 Å². The normalized spacial score (nSPS) is 10.1. The molecule has 13 heavy (non-hydrogen) atoms. The molecule has 4 nitrogen and oxygen atoms in total. The average Bonchev–Trinajstić information content (AvgIpc) is 2.14. The summed E-state index contributed by atoms with van der Waals surface area (Å²) in [5.74, 6) is 6.97. The van der Waals surface area contributed by atoms with Crippen molar-refractivity contribution in [2.45, 2.75) is 25.4 Å². The van der Waals surface area contributed by atoms with Crippen molar-refractivity contribution >= 4 is 17.6 Å². The van der Waals surface area contributed by atoms with Crippen molar-refractivity contribution in [3.63, 3.8) is 0 Å². The molecule has 0 saturated heterocycles. The maximum Gasteiger partial charge on any atom is 0.189 e. The summed E-state index contributed by atoms with van der Waals surface area (Å²) in [7, 11) is 0. The van der Waals surface area contributed by atoms with Gasteiger partial charge in [0.2, 0.25) is 0 Å². The van der Waals surface area contributed by atoms with E-state index in [0.717, 1.165) is 23.0 Å². The van der Waals surface area contributed by atoms with E-state index in [9.17, 15) is 0 Å². The van der Waals surface area contributed by atoms with E-state index in [-0.39, 0.29) is 0 Å². The minimum absolute atomic E-state index is 0.672. The summed E-state index contributed by atoms with van der Waals surface area (Å²) in [4.78, 5) is 8.48. The molecule has 0 spiro atoms. The van der Waals surface area contributed by atoms with Crippen LogP contribution in [-0.4, -0.2) is 15.7 Å². The van der Waals surface area contributed by atoms with Gasteiger partial charge < -0.3 is 5.43 Å². The molecule has 0 amide bonds. The number of nitrogen functional groups attached to an aromatic ring is 1. The second kappa shape index (κ2) is 5.04. The molecule has 0 atom stereocenters. The number of hydrazine groups is 1. The monoisotopic (exact) mass is 198 g/mol. The molecule has 0 aliphatic carbocycles. The fourth-order valence-corrected chi connectivity index (χ4v) is 1.63. The number of nitrogens with one attached hydrogen (secondary N) is 1. The smallest absolute Gasteiger partial charge is 0.189 e. The third-order valence-electron chi connectivity index (χ3n) is 1.42. The van der Waals surface area contributed by atoms with Crippen molar-refractivity contribution in [3.8, 4) is 0 Å². The highest BCUT2D eigenvalue weighted by atomic mass is 32.2. The quantitative estimate of drug-likeness (QED) is 0.333. The van der Waals surface area contributed by atoms with Crippen molar-refractivity contribution in [2.75, 3.05) is 11.2 Å². The zero-order valence-corrected chi connectivity index (χ0v) is 8.69. The number of aryl methyl sites for hydroxylation is 1. The van der Waals surface area contributed by atoms with Crippen molar-refractivity contribution in [1.29, 1.82) is 0 Å². The number of aromatic nitrogens is 2. The number of nitrogens with zero attached hydrogens (tertiary/aromatic N) is 2. The van der Waals surface area contributed by atoms with Crippen LogP contribution in [0.25, 0.3) is 0 Å². The molecule has 0 unspecified atom stereocenters. The first kappa shape index (κ1) is 10.3. The van der Waals surface area contributed by atoms with Crippen LogP contribution in [0, 0.1) is 6.92 Å². The molecule has 1 rings (SSSR count). The molecule has 72 valence electrons. The minimum atomic E-state index is 0.672. The van der Waals surface area contributed by atoms with Crippen LogP contribution in [0.15, 0.2) is 11.2 Å². The molecule has 1 aromatic heterocycles. The predicted octanol–water partition coefficient (Wildman–Crippen LogP) is 1.57. The number of nitrogens with two attached hydrogens (primary N) is 1. The summed E-state index contributed by atoms with van der Waals surface area (Å²) in [5.41, 5.74) is 3.45. The molecule has 3 N–H and O–H groups in total. The molecular weight excluding hydrogens is 184 g/mol. The molecule has 0 saturated carbocycles. The van der Waals surface area contributed by atoms with Gasteiger partial charge in [0.25, 0.3) is 0 Å². The molecule has 5 heteroatoms. The Labute approximate surface area is 82.3 Å². The van der Waals surface area contributed by atoms with Gasteiger partial charge in [-0.3, -0.25) is 0 Å². The first-order valence-corrected chi connectivity index (χ1v) is 5.20. The van der Waals surface area contributed by atoms with Gasteiger partial charge in [0.1, 0.15) is 5.82 Å². The zero-order chi connectivity index (χ0) is 9.68. The fourth-order valence-electron chi connectivity index (χ4n) is 0.873. The lowest BCUT2D eigenvalue weighted by Crippen LogP contribution is -2.09. The molecule has 0 bridgehead atoms. The van der Waals surface area contributed by atoms with E-state index in [1.54, 1.807) is 11.8 Å². The predicted molar refractivity (Wildman–Crippen MR) is 55.6 cm³/mol. The van der Waals surface area contributed by atoms with Gasteiger partial charge in [-0.15, -0.1) is 0 Å². The van der Waals surface area contributed by atoms with Crippen molar-refractivity contribution in [3.05, 3.63) is 11.8 Å². The summed E-state index contributed by atoms with van der Waals surface area (Å²) in [6.45, 7) is 4.06. The Balaban J connectivity index is 2.76. The zero-order valence-electron chi connectivity index (χ0n) is 7.87. The van der Waals surface area contributed by atoms with E-state index >= 15 is 0 Å². The van der Waals surface area contributed by atoms with E-state index in [1.165, 1.54) is 0 Å². The summed E-state index contributed by atoms with van der Waals surface area (Å²) in [6.07, 6.45) is 1.12. The SMILES string of the molecule is CCCSc1nc(C)cc(NN)n1. The lowest BCUT2D eigenvalue weighted by atomic mass is 10.4. The average molecular weight is 198 g/mol. The van der Waals surface area contributed by atoms with Gasteiger partial charge >= 0.3 is 0 Å². The van der Waals surface area contributed by atoms with Gasteiger partial charge in [-0.1, -0.05) is 18.7 Å². The minimum Gasteiger partial charge on any atom is -0.308 e. The fraction of sp³-hybridized carbons (Fsp3) is 0.500. The second-order valence-electron chi connectivity index (χ2n) is 2.67. The van der Waals surface area contributed by atoms with Crippen LogP contribution in [0.2, 0.25) is 0 Å². The van der Waals surface area contributed by atoms with Gasteiger partial charge in [0, 0.05) is 17.5 Å².